The van der Waals surface area contributed by atoms with E-state index < -0.39 is 5.97 Å². The van der Waals surface area contributed by atoms with Gasteiger partial charge >= 0.3 is 5.97 Å². The predicted octanol–water partition coefficient (Wildman–Crippen LogP) is 1.09. The van der Waals surface area contributed by atoms with Crippen LogP contribution in [0.2, 0.25) is 0 Å². The Bertz CT molecular complexity index is 588. The molecule has 1 fully saturated rings. The van der Waals surface area contributed by atoms with Gasteiger partial charge in [0.15, 0.2) is 0 Å². The molecular weight excluding hydrogens is 294 g/mol. The zero-order valence-electron chi connectivity index (χ0n) is 13.8. The lowest BCUT2D eigenvalue weighted by Gasteiger charge is -2.34. The third-order valence-electron chi connectivity index (χ3n) is 3.79. The van der Waals surface area contributed by atoms with E-state index in [2.05, 4.69) is 26.9 Å². The lowest BCUT2D eigenvalue weighted by atomic mass is 10.1. The average molecular weight is 317 g/mol. The molecule has 0 bridgehead atoms. The van der Waals surface area contributed by atoms with Gasteiger partial charge in [-0.3, -0.25) is 4.79 Å². The molecule has 0 saturated carbocycles. The van der Waals surface area contributed by atoms with E-state index in [4.69, 9.17) is 0 Å². The summed E-state index contributed by atoms with van der Waals surface area (Å²) in [5.74, 6) is -0.876. The Morgan fingerprint density at radius 1 is 1.13 bits per heavy atom. The number of carbonyl (C=O) groups is 2. The highest BCUT2D eigenvalue weighted by Gasteiger charge is 2.14. The van der Waals surface area contributed by atoms with Gasteiger partial charge < -0.3 is 19.9 Å². The first kappa shape index (κ1) is 17.0. The van der Waals surface area contributed by atoms with Crippen LogP contribution in [0.1, 0.15) is 12.5 Å². The van der Waals surface area contributed by atoms with Gasteiger partial charge in [0.1, 0.15) is 5.70 Å². The number of ether oxygens (including phenoxy) is 1. The minimum atomic E-state index is -0.566. The highest BCUT2D eigenvalue weighted by molar-refractivity contribution is 5.97. The monoisotopic (exact) mass is 317 g/mol. The summed E-state index contributed by atoms with van der Waals surface area (Å²) in [5, 5.41) is 2.49. The lowest BCUT2D eigenvalue weighted by Crippen LogP contribution is -2.44. The fraction of sp³-hybridized carbons (Fsp3) is 0.412. The molecule has 2 rings (SSSR count). The molecule has 1 aromatic rings. The molecule has 1 saturated heterocycles. The number of methoxy groups -OCH3 is 1. The molecule has 0 aromatic heterocycles. The summed E-state index contributed by atoms with van der Waals surface area (Å²) >= 11 is 0. The molecule has 1 amide bonds. The van der Waals surface area contributed by atoms with E-state index in [0.717, 1.165) is 37.4 Å². The van der Waals surface area contributed by atoms with E-state index in [-0.39, 0.29) is 11.6 Å². The maximum absolute atomic E-state index is 11.7. The number of esters is 1. The standard InChI is InChI=1S/C17H23N3O3/c1-13(21)18-16(17(22)23-3)12-14-4-6-15(7-5-14)20-10-8-19(2)9-11-20/h4-7,12H,8-11H2,1-3H3,(H,18,21)/b16-12-. The van der Waals surface area contributed by atoms with Gasteiger partial charge in [-0.05, 0) is 30.8 Å². The molecule has 0 aliphatic carbocycles. The van der Waals surface area contributed by atoms with Crippen LogP contribution in [-0.2, 0) is 14.3 Å². The second-order valence-electron chi connectivity index (χ2n) is 5.61. The Morgan fingerprint density at radius 3 is 2.26 bits per heavy atom. The van der Waals surface area contributed by atoms with Crippen LogP contribution < -0.4 is 10.2 Å². The average Bonchev–Trinajstić information content (AvgIpc) is 2.54. The van der Waals surface area contributed by atoms with Crippen molar-refractivity contribution in [3.05, 3.63) is 35.5 Å². The van der Waals surface area contributed by atoms with Crippen molar-refractivity contribution in [3.63, 3.8) is 0 Å². The van der Waals surface area contributed by atoms with Crippen molar-refractivity contribution in [2.24, 2.45) is 0 Å². The first-order valence-corrected chi connectivity index (χ1v) is 7.61. The first-order chi connectivity index (χ1) is 11.0. The summed E-state index contributed by atoms with van der Waals surface area (Å²) in [6.45, 7) is 5.47. The van der Waals surface area contributed by atoms with E-state index in [1.165, 1.54) is 14.0 Å². The number of nitrogens with one attached hydrogen (secondary N) is 1. The van der Waals surface area contributed by atoms with Crippen LogP contribution in [0, 0.1) is 0 Å². The van der Waals surface area contributed by atoms with Crippen molar-refractivity contribution >= 4 is 23.6 Å². The third kappa shape index (κ3) is 4.82. The molecule has 6 heteroatoms. The molecule has 6 nitrogen and oxygen atoms in total. The number of amides is 1. The summed E-state index contributed by atoms with van der Waals surface area (Å²) in [4.78, 5) is 27.5. The number of hydrogen-bond acceptors (Lipinski definition) is 5. The topological polar surface area (TPSA) is 61.9 Å². The smallest absolute Gasteiger partial charge is 0.354 e. The summed E-state index contributed by atoms with van der Waals surface area (Å²) in [6, 6.07) is 7.91. The van der Waals surface area contributed by atoms with Crippen LogP contribution >= 0.6 is 0 Å². The Hall–Kier alpha value is -2.34. The molecule has 124 valence electrons. The van der Waals surface area contributed by atoms with Gasteiger partial charge in [0.25, 0.3) is 0 Å². The second-order valence-corrected chi connectivity index (χ2v) is 5.61. The van der Waals surface area contributed by atoms with Gasteiger partial charge in [0, 0.05) is 38.8 Å². The third-order valence-corrected chi connectivity index (χ3v) is 3.79. The molecular formula is C17H23N3O3. The van der Waals surface area contributed by atoms with Crippen LogP contribution in [0.5, 0.6) is 0 Å². The zero-order valence-corrected chi connectivity index (χ0v) is 13.8. The molecule has 0 unspecified atom stereocenters. The zero-order chi connectivity index (χ0) is 16.8. The molecule has 0 radical (unpaired) electrons. The Kier molecular flexibility index (Phi) is 5.76. The fourth-order valence-electron chi connectivity index (χ4n) is 2.46. The van der Waals surface area contributed by atoms with Crippen molar-refractivity contribution in [1.82, 2.24) is 10.2 Å². The Balaban J connectivity index is 2.12. The maximum atomic E-state index is 11.7. The minimum Gasteiger partial charge on any atom is -0.464 e. The van der Waals surface area contributed by atoms with Crippen LogP contribution in [0.25, 0.3) is 6.08 Å². The number of nitrogens with zero attached hydrogens (tertiary/aromatic N) is 2. The molecule has 1 N–H and O–H groups in total. The number of hydrogen-bond donors (Lipinski definition) is 1. The van der Waals surface area contributed by atoms with Gasteiger partial charge in [0.2, 0.25) is 5.91 Å². The van der Waals surface area contributed by atoms with Crippen molar-refractivity contribution in [3.8, 4) is 0 Å². The van der Waals surface area contributed by atoms with E-state index in [9.17, 15) is 9.59 Å². The molecule has 1 heterocycles. The highest BCUT2D eigenvalue weighted by atomic mass is 16.5. The number of benzene rings is 1. The Labute approximate surface area is 136 Å². The number of anilines is 1. The molecule has 1 aliphatic rings. The van der Waals surface area contributed by atoms with Gasteiger partial charge in [-0.15, -0.1) is 0 Å². The SMILES string of the molecule is COC(=O)/C(=C/c1ccc(N2CCN(C)CC2)cc1)NC(C)=O. The molecule has 1 aliphatic heterocycles. The maximum Gasteiger partial charge on any atom is 0.354 e. The van der Waals surface area contributed by atoms with Gasteiger partial charge in [-0.25, -0.2) is 4.79 Å². The van der Waals surface area contributed by atoms with Crippen molar-refractivity contribution < 1.29 is 14.3 Å². The van der Waals surface area contributed by atoms with E-state index in [1.54, 1.807) is 6.08 Å². The number of likely N-dealkylation sites (N-methyl/N-ethyl adjacent to an activating group) is 1. The summed E-state index contributed by atoms with van der Waals surface area (Å²) < 4.78 is 4.68. The quantitative estimate of drug-likeness (QED) is 0.665. The van der Waals surface area contributed by atoms with Gasteiger partial charge in [-0.1, -0.05) is 12.1 Å². The molecule has 0 atom stereocenters. The van der Waals surface area contributed by atoms with Crippen molar-refractivity contribution in [2.45, 2.75) is 6.92 Å². The number of piperazine rings is 1. The lowest BCUT2D eigenvalue weighted by molar-refractivity contribution is -0.137. The van der Waals surface area contributed by atoms with Crippen LogP contribution in [-0.4, -0.2) is 57.1 Å². The van der Waals surface area contributed by atoms with E-state index in [0.29, 0.717) is 0 Å². The number of rotatable bonds is 4. The van der Waals surface area contributed by atoms with Crippen molar-refractivity contribution in [2.75, 3.05) is 45.2 Å². The first-order valence-electron chi connectivity index (χ1n) is 7.61. The van der Waals surface area contributed by atoms with Crippen molar-refractivity contribution in [1.29, 1.82) is 0 Å². The van der Waals surface area contributed by atoms with E-state index >= 15 is 0 Å². The number of carbonyl (C=O) groups excluding carboxylic acids is 2. The molecule has 0 spiro atoms. The highest BCUT2D eigenvalue weighted by Crippen LogP contribution is 2.18. The normalized spacial score (nSPS) is 16.1. The van der Waals surface area contributed by atoms with Gasteiger partial charge in [0.05, 0.1) is 7.11 Å². The van der Waals surface area contributed by atoms with Crippen LogP contribution in [0.4, 0.5) is 5.69 Å². The summed E-state index contributed by atoms with van der Waals surface area (Å²) in [6.07, 6.45) is 1.61. The van der Waals surface area contributed by atoms with Gasteiger partial charge in [-0.2, -0.15) is 0 Å². The van der Waals surface area contributed by atoms with Crippen LogP contribution in [0.15, 0.2) is 30.0 Å². The fourth-order valence-corrected chi connectivity index (χ4v) is 2.46. The van der Waals surface area contributed by atoms with Crippen LogP contribution in [0.3, 0.4) is 0 Å². The molecule has 23 heavy (non-hydrogen) atoms. The summed E-state index contributed by atoms with van der Waals surface area (Å²) in [7, 11) is 3.41. The summed E-state index contributed by atoms with van der Waals surface area (Å²) in [5.41, 5.74) is 2.12. The minimum absolute atomic E-state index is 0.132. The van der Waals surface area contributed by atoms with E-state index in [1.807, 2.05) is 24.3 Å². The second kappa shape index (κ2) is 7.78. The Morgan fingerprint density at radius 2 is 1.74 bits per heavy atom. The molecule has 1 aromatic carbocycles. The largest absolute Gasteiger partial charge is 0.464 e. The predicted molar refractivity (Wildman–Crippen MR) is 90.0 cm³/mol.